The average molecular weight is 1320 g/mol. The van der Waals surface area contributed by atoms with Gasteiger partial charge in [-0.25, -0.2) is 0 Å². The van der Waals surface area contributed by atoms with Crippen LogP contribution in [0.3, 0.4) is 0 Å². The SMILES string of the molecule is Cc1ccc2ccc(-c3cc(CC4(C)c5ccccc5-c5cc(-c6cc(CC7(C)c8ccccc8-c8c(-c9ccc%10ccc(C)cc%10c9)cccc87)c7ccc(C)cc7c6)ccc54)c4c(c3)C(C)(c3cccc5c3-c3cccc(-c6ccc7ccc(C)cc7c6)c3C5(C)C)c3ccccc3-4)cc2c1. The smallest absolute Gasteiger partial charge is 0.0442 e. The Kier molecular flexibility index (Phi) is 13.3. The zero-order chi connectivity index (χ0) is 69.6. The first kappa shape index (κ1) is 61.4. The maximum Gasteiger partial charge on any atom is 0.0442 e. The Morgan fingerprint density at radius 3 is 1.34 bits per heavy atom. The highest BCUT2D eigenvalue weighted by molar-refractivity contribution is 6.01. The average Bonchev–Trinajstić information content (AvgIpc) is 1.52. The third kappa shape index (κ3) is 9.09. The molecule has 0 heteroatoms. The number of rotatable bonds is 9. The lowest BCUT2D eigenvalue weighted by Gasteiger charge is -2.33. The van der Waals surface area contributed by atoms with Crippen LogP contribution >= 0.6 is 0 Å². The zero-order valence-electron chi connectivity index (χ0n) is 60.2. The highest BCUT2D eigenvalue weighted by Crippen LogP contribution is 2.63. The lowest BCUT2D eigenvalue weighted by Crippen LogP contribution is -2.26. The minimum Gasteiger partial charge on any atom is -0.0619 e. The van der Waals surface area contributed by atoms with Crippen molar-refractivity contribution >= 4 is 43.1 Å². The van der Waals surface area contributed by atoms with E-state index in [2.05, 4.69) is 360 Å². The molecule has 0 fully saturated rings. The van der Waals surface area contributed by atoms with E-state index < -0.39 is 5.41 Å². The summed E-state index contributed by atoms with van der Waals surface area (Å²) in [5.74, 6) is 0. The third-order valence-electron chi connectivity index (χ3n) is 25.2. The minimum absolute atomic E-state index is 0.266. The van der Waals surface area contributed by atoms with Crippen LogP contribution in [0.5, 0.6) is 0 Å². The number of benzene rings is 16. The molecule has 4 aliphatic carbocycles. The molecule has 3 atom stereocenters. The van der Waals surface area contributed by atoms with Gasteiger partial charge in [0.05, 0.1) is 0 Å². The van der Waals surface area contributed by atoms with Gasteiger partial charge in [-0.05, 0) is 277 Å². The molecule has 0 bridgehead atoms. The van der Waals surface area contributed by atoms with Crippen LogP contribution in [0.15, 0.2) is 297 Å². The van der Waals surface area contributed by atoms with Crippen molar-refractivity contribution in [1.82, 2.24) is 0 Å². The predicted octanol–water partition coefficient (Wildman–Crippen LogP) is 26.9. The summed E-state index contributed by atoms with van der Waals surface area (Å²) >= 11 is 0. The summed E-state index contributed by atoms with van der Waals surface area (Å²) < 4.78 is 0. The predicted molar refractivity (Wildman–Crippen MR) is 436 cm³/mol. The van der Waals surface area contributed by atoms with E-state index in [-0.39, 0.29) is 16.2 Å². The van der Waals surface area contributed by atoms with E-state index in [0.29, 0.717) is 0 Å². The van der Waals surface area contributed by atoms with Crippen LogP contribution in [0.25, 0.3) is 132 Å². The van der Waals surface area contributed by atoms with Crippen molar-refractivity contribution in [1.29, 1.82) is 0 Å². The Morgan fingerprint density at radius 2 is 0.650 bits per heavy atom. The molecule has 0 saturated heterocycles. The normalized spacial score (nSPS) is 17.6. The zero-order valence-corrected chi connectivity index (χ0v) is 60.2. The molecule has 0 nitrogen and oxygen atoms in total. The second-order valence-electron chi connectivity index (χ2n) is 32.0. The van der Waals surface area contributed by atoms with Gasteiger partial charge >= 0.3 is 0 Å². The Morgan fingerprint density at radius 1 is 0.223 bits per heavy atom. The van der Waals surface area contributed by atoms with Crippen LogP contribution in [0.2, 0.25) is 0 Å². The van der Waals surface area contributed by atoms with Crippen molar-refractivity contribution in [3.8, 4) is 89.0 Å². The van der Waals surface area contributed by atoms with Gasteiger partial charge in [0.2, 0.25) is 0 Å². The minimum atomic E-state index is -0.524. The van der Waals surface area contributed by atoms with Crippen LogP contribution in [-0.2, 0) is 34.5 Å². The van der Waals surface area contributed by atoms with Crippen molar-refractivity contribution in [2.75, 3.05) is 0 Å². The maximum atomic E-state index is 2.60. The van der Waals surface area contributed by atoms with Gasteiger partial charge in [-0.3, -0.25) is 0 Å². The van der Waals surface area contributed by atoms with E-state index in [1.807, 2.05) is 0 Å². The molecule has 16 aromatic carbocycles. The van der Waals surface area contributed by atoms with Crippen molar-refractivity contribution in [3.63, 3.8) is 0 Å². The fourth-order valence-corrected chi connectivity index (χ4v) is 20.2. The Hall–Kier alpha value is -11.4. The molecule has 0 aromatic heterocycles. The Labute approximate surface area is 605 Å². The van der Waals surface area contributed by atoms with Crippen molar-refractivity contribution in [2.45, 2.75) is 96.8 Å². The molecule has 0 saturated carbocycles. The van der Waals surface area contributed by atoms with Crippen molar-refractivity contribution in [2.24, 2.45) is 0 Å². The summed E-state index contributed by atoms with van der Waals surface area (Å²) in [6.07, 6.45) is 1.66. The van der Waals surface area contributed by atoms with Gasteiger partial charge in [-0.2, -0.15) is 0 Å². The monoisotopic (exact) mass is 1320 g/mol. The standard InChI is InChI=1S/C103H80/c1-61-31-35-65-38-41-68(51-72(65)47-61)76-56-79(96-85-21-12-15-27-91(85)103(9,95(96)58-76)94-30-18-28-92-98(94)86-24-16-23-82(99(86)100(92,5)6)71-43-40-67-37-33-63(3)49-74(67)53-71)60-101(7)88-25-13-10-19-83(88)87-57-69(44-46-90(87)101)75-54-77-50-64(4)34-45-80(77)78(55-75)59-102(8)89-26-14-11-20-84(89)97-81(22-17-29-93(97)102)70-42-39-66-36-32-62(2)48-73(66)52-70/h10-58H,59-60H2,1-9H3. The third-order valence-corrected chi connectivity index (χ3v) is 25.2. The molecule has 103 heavy (non-hydrogen) atoms. The van der Waals surface area contributed by atoms with Crippen LogP contribution in [0.4, 0.5) is 0 Å². The molecule has 0 radical (unpaired) electrons. The van der Waals surface area contributed by atoms with Gasteiger partial charge in [-0.15, -0.1) is 0 Å². The van der Waals surface area contributed by atoms with Crippen molar-refractivity contribution in [3.05, 3.63) is 381 Å². The summed E-state index contributed by atoms with van der Waals surface area (Å²) in [6, 6.07) is 116. The first-order chi connectivity index (χ1) is 50.0. The topological polar surface area (TPSA) is 0 Å². The second-order valence-corrected chi connectivity index (χ2v) is 32.0. The van der Waals surface area contributed by atoms with Crippen LogP contribution in [0, 0.1) is 27.7 Å². The molecule has 492 valence electrons. The number of fused-ring (bicyclic) bond motifs is 16. The molecule has 0 N–H and O–H groups in total. The molecule has 0 spiro atoms. The summed E-state index contributed by atoms with van der Waals surface area (Å²) in [7, 11) is 0. The largest absolute Gasteiger partial charge is 0.0619 e. The fraction of sp³-hybridized carbons (Fsp3) is 0.146. The van der Waals surface area contributed by atoms with Gasteiger partial charge in [0.1, 0.15) is 0 Å². The fourth-order valence-electron chi connectivity index (χ4n) is 20.2. The highest BCUT2D eigenvalue weighted by atomic mass is 14.5. The summed E-state index contributed by atoms with van der Waals surface area (Å²) in [5.41, 5.74) is 39.7. The molecule has 3 unspecified atom stereocenters. The summed E-state index contributed by atoms with van der Waals surface area (Å²) in [6.45, 7) is 21.4. The lowest BCUT2D eigenvalue weighted by atomic mass is 9.69. The molecule has 0 heterocycles. The lowest BCUT2D eigenvalue weighted by molar-refractivity contribution is 0.583. The Bertz CT molecular complexity index is 6380. The molecular formula is C103H80. The van der Waals surface area contributed by atoms with Gasteiger partial charge in [-0.1, -0.05) is 311 Å². The molecular weight excluding hydrogens is 1240 g/mol. The summed E-state index contributed by atoms with van der Waals surface area (Å²) in [5, 5.41) is 10.2. The van der Waals surface area contributed by atoms with Crippen molar-refractivity contribution < 1.29 is 0 Å². The van der Waals surface area contributed by atoms with Crippen LogP contribution in [0.1, 0.15) is 118 Å². The maximum absolute atomic E-state index is 2.60. The van der Waals surface area contributed by atoms with E-state index in [1.54, 1.807) is 0 Å². The van der Waals surface area contributed by atoms with E-state index in [4.69, 9.17) is 0 Å². The van der Waals surface area contributed by atoms with E-state index in [1.165, 1.54) is 216 Å². The molecule has 0 aliphatic heterocycles. The molecule has 4 aliphatic rings. The number of hydrogen-bond donors (Lipinski definition) is 0. The van der Waals surface area contributed by atoms with Gasteiger partial charge < -0.3 is 0 Å². The molecule has 0 amide bonds. The highest BCUT2D eigenvalue weighted by Gasteiger charge is 2.49. The second kappa shape index (κ2) is 22.3. The molecule has 20 rings (SSSR count). The summed E-state index contributed by atoms with van der Waals surface area (Å²) in [4.78, 5) is 0. The quantitative estimate of drug-likeness (QED) is 0.135. The van der Waals surface area contributed by atoms with Crippen LogP contribution < -0.4 is 0 Å². The first-order valence-electron chi connectivity index (χ1n) is 37.1. The van der Waals surface area contributed by atoms with Gasteiger partial charge in [0.15, 0.2) is 0 Å². The Balaban J connectivity index is 0.733. The van der Waals surface area contributed by atoms with E-state index in [0.717, 1.165) is 12.8 Å². The number of hydrogen-bond acceptors (Lipinski definition) is 0. The van der Waals surface area contributed by atoms with Crippen LogP contribution in [-0.4, -0.2) is 0 Å². The molecule has 16 aromatic rings. The van der Waals surface area contributed by atoms with Gasteiger partial charge in [0.25, 0.3) is 0 Å². The van der Waals surface area contributed by atoms with E-state index >= 15 is 0 Å². The van der Waals surface area contributed by atoms with E-state index in [9.17, 15) is 0 Å². The van der Waals surface area contributed by atoms with Gasteiger partial charge in [0, 0.05) is 21.7 Å². The first-order valence-corrected chi connectivity index (χ1v) is 37.1. The number of aryl methyl sites for hydroxylation is 4.